The molecule has 0 aromatic heterocycles. The second-order valence-electron chi connectivity index (χ2n) is 8.45. The molecule has 0 aliphatic carbocycles. The van der Waals surface area contributed by atoms with Crippen LogP contribution in [0.3, 0.4) is 0 Å². The molecule has 1 aliphatic heterocycles. The molecule has 7 heteroatoms. The van der Waals surface area contributed by atoms with E-state index in [0.717, 1.165) is 30.0 Å². The Balaban J connectivity index is 2.25. The highest BCUT2D eigenvalue weighted by molar-refractivity contribution is 6.30. The minimum Gasteiger partial charge on any atom is -0.463 e. The average Bonchev–Trinajstić information content (AvgIpc) is 2.86. The Kier molecular flexibility index (Phi) is 9.21. The van der Waals surface area contributed by atoms with Crippen LogP contribution in [0.4, 0.5) is 11.4 Å². The van der Waals surface area contributed by atoms with Crippen molar-refractivity contribution in [1.82, 2.24) is 0 Å². The van der Waals surface area contributed by atoms with Crippen molar-refractivity contribution >= 4 is 34.9 Å². The highest BCUT2D eigenvalue weighted by Crippen LogP contribution is 2.45. The van der Waals surface area contributed by atoms with Gasteiger partial charge in [-0.2, -0.15) is 0 Å². The van der Waals surface area contributed by atoms with Crippen molar-refractivity contribution in [2.24, 2.45) is 0 Å². The molecule has 0 atom stereocenters. The lowest BCUT2D eigenvalue weighted by Crippen LogP contribution is -2.35. The number of ether oxygens (including phenoxy) is 2. The van der Waals surface area contributed by atoms with Crippen molar-refractivity contribution in [3.63, 3.8) is 0 Å². The summed E-state index contributed by atoms with van der Waals surface area (Å²) in [6.07, 6.45) is 0. The molecule has 0 saturated heterocycles. The summed E-state index contributed by atoms with van der Waals surface area (Å²) in [5.41, 5.74) is 4.93. The van der Waals surface area contributed by atoms with E-state index in [1.54, 1.807) is 26.0 Å². The van der Waals surface area contributed by atoms with Gasteiger partial charge in [0.1, 0.15) is 0 Å². The van der Waals surface area contributed by atoms with Crippen molar-refractivity contribution in [3.05, 3.63) is 81.7 Å². The number of anilines is 2. The van der Waals surface area contributed by atoms with Gasteiger partial charge in [-0.25, -0.2) is 9.59 Å². The molecule has 3 rings (SSSR count). The third kappa shape index (κ3) is 5.44. The zero-order valence-corrected chi connectivity index (χ0v) is 22.7. The van der Waals surface area contributed by atoms with Crippen LogP contribution in [0.25, 0.3) is 0 Å². The molecule has 2 aromatic rings. The molecule has 1 heterocycles. The lowest BCUT2D eigenvalue weighted by molar-refractivity contribution is -0.139. The number of rotatable bonds is 9. The summed E-state index contributed by atoms with van der Waals surface area (Å²) in [5, 5.41) is 0.571. The first-order valence-corrected chi connectivity index (χ1v) is 12.8. The minimum absolute atomic E-state index is 0.221. The molecule has 0 bridgehead atoms. The van der Waals surface area contributed by atoms with Crippen molar-refractivity contribution < 1.29 is 19.1 Å². The lowest BCUT2D eigenvalue weighted by Gasteiger charge is -2.38. The molecule has 0 N–H and O–H groups in total. The summed E-state index contributed by atoms with van der Waals surface area (Å²) in [6.45, 7) is 13.8. The van der Waals surface area contributed by atoms with Crippen LogP contribution in [0.5, 0.6) is 0 Å². The number of benzene rings is 2. The number of carbonyl (C=O) groups is 2. The highest BCUT2D eigenvalue weighted by atomic mass is 35.5. The third-order valence-electron chi connectivity index (χ3n) is 6.46. The van der Waals surface area contributed by atoms with Crippen LogP contribution in [0, 0.1) is 0 Å². The Morgan fingerprint density at radius 3 is 1.69 bits per heavy atom. The zero-order chi connectivity index (χ0) is 26.4. The van der Waals surface area contributed by atoms with Gasteiger partial charge in [0.25, 0.3) is 0 Å². The van der Waals surface area contributed by atoms with Gasteiger partial charge in [0.05, 0.1) is 30.3 Å². The predicted molar refractivity (Wildman–Crippen MR) is 145 cm³/mol. The first-order valence-electron chi connectivity index (χ1n) is 12.4. The van der Waals surface area contributed by atoms with Gasteiger partial charge < -0.3 is 19.3 Å². The SMILES string of the molecule is CCOC(=O)C1=C(C)N(c2ccc(N(CC)CC)cc2)C(C)=C(C(=O)OCC)C1c1ccc(Cl)cc1. The van der Waals surface area contributed by atoms with E-state index in [2.05, 4.69) is 30.9 Å². The van der Waals surface area contributed by atoms with Crippen LogP contribution in [0.1, 0.15) is 53.0 Å². The van der Waals surface area contributed by atoms with Crippen LogP contribution in [-0.4, -0.2) is 38.2 Å². The van der Waals surface area contributed by atoms with Crippen LogP contribution < -0.4 is 9.80 Å². The molecule has 36 heavy (non-hydrogen) atoms. The molecule has 0 spiro atoms. The van der Waals surface area contributed by atoms with Gasteiger partial charge >= 0.3 is 11.9 Å². The molecule has 0 amide bonds. The summed E-state index contributed by atoms with van der Waals surface area (Å²) in [5.74, 6) is -1.57. The Labute approximate surface area is 219 Å². The second kappa shape index (κ2) is 12.1. The Bertz CT molecular complexity index is 1110. The number of nitrogens with zero attached hydrogens (tertiary/aromatic N) is 2. The fourth-order valence-electron chi connectivity index (χ4n) is 4.78. The van der Waals surface area contributed by atoms with Crippen molar-refractivity contribution in [1.29, 1.82) is 0 Å². The third-order valence-corrected chi connectivity index (χ3v) is 6.71. The van der Waals surface area contributed by atoms with Gasteiger partial charge in [-0.3, -0.25) is 0 Å². The Morgan fingerprint density at radius 1 is 0.806 bits per heavy atom. The molecular weight excluding hydrogens is 476 g/mol. The van der Waals surface area contributed by atoms with E-state index in [4.69, 9.17) is 21.1 Å². The molecule has 0 unspecified atom stereocenters. The van der Waals surface area contributed by atoms with E-state index < -0.39 is 17.9 Å². The monoisotopic (exact) mass is 510 g/mol. The van der Waals surface area contributed by atoms with E-state index in [0.29, 0.717) is 27.6 Å². The van der Waals surface area contributed by atoms with Crippen LogP contribution in [0.15, 0.2) is 71.1 Å². The van der Waals surface area contributed by atoms with Crippen LogP contribution >= 0.6 is 11.6 Å². The maximum Gasteiger partial charge on any atom is 0.336 e. The van der Waals surface area contributed by atoms with Gasteiger partial charge in [-0.15, -0.1) is 0 Å². The van der Waals surface area contributed by atoms with Gasteiger partial charge in [0.15, 0.2) is 0 Å². The summed E-state index contributed by atoms with van der Waals surface area (Å²) in [4.78, 5) is 31.0. The minimum atomic E-state index is -0.647. The number of halogens is 1. The molecule has 192 valence electrons. The van der Waals surface area contributed by atoms with Gasteiger partial charge in [0.2, 0.25) is 0 Å². The largest absolute Gasteiger partial charge is 0.463 e. The zero-order valence-electron chi connectivity index (χ0n) is 21.9. The molecule has 0 saturated carbocycles. The van der Waals surface area contributed by atoms with E-state index in [1.807, 2.05) is 43.0 Å². The molecule has 2 aromatic carbocycles. The topological polar surface area (TPSA) is 59.1 Å². The van der Waals surface area contributed by atoms with E-state index in [9.17, 15) is 9.59 Å². The number of hydrogen-bond acceptors (Lipinski definition) is 6. The number of esters is 2. The van der Waals surface area contributed by atoms with Gasteiger partial charge in [-0.1, -0.05) is 23.7 Å². The normalized spacial score (nSPS) is 14.2. The van der Waals surface area contributed by atoms with Crippen molar-refractivity contribution in [2.45, 2.75) is 47.5 Å². The molecule has 0 fully saturated rings. The second-order valence-corrected chi connectivity index (χ2v) is 8.88. The number of hydrogen-bond donors (Lipinski definition) is 0. The maximum absolute atomic E-state index is 13.4. The fourth-order valence-corrected chi connectivity index (χ4v) is 4.91. The van der Waals surface area contributed by atoms with E-state index in [-0.39, 0.29) is 13.2 Å². The average molecular weight is 511 g/mol. The summed E-state index contributed by atoms with van der Waals surface area (Å²) < 4.78 is 11.0. The summed E-state index contributed by atoms with van der Waals surface area (Å²) >= 11 is 6.15. The lowest BCUT2D eigenvalue weighted by atomic mass is 9.79. The predicted octanol–water partition coefficient (Wildman–Crippen LogP) is 6.46. The quantitative estimate of drug-likeness (QED) is 0.360. The fraction of sp³-hybridized carbons (Fsp3) is 0.379. The van der Waals surface area contributed by atoms with Crippen LogP contribution in [-0.2, 0) is 19.1 Å². The summed E-state index contributed by atoms with van der Waals surface area (Å²) in [6, 6.07) is 15.3. The summed E-state index contributed by atoms with van der Waals surface area (Å²) in [7, 11) is 0. The number of carbonyl (C=O) groups excluding carboxylic acids is 2. The maximum atomic E-state index is 13.4. The molecule has 1 aliphatic rings. The van der Waals surface area contributed by atoms with Crippen molar-refractivity contribution in [3.8, 4) is 0 Å². The van der Waals surface area contributed by atoms with Crippen LogP contribution in [0.2, 0.25) is 5.02 Å². The van der Waals surface area contributed by atoms with E-state index in [1.165, 1.54) is 0 Å². The standard InChI is InChI=1S/C29H35ClN2O4/c1-7-31(8-2)23-15-17-24(18-16-23)32-19(5)25(28(33)35-9-3)27(21-11-13-22(30)14-12-21)26(20(32)6)29(34)36-10-4/h11-18,27H,7-10H2,1-6H3. The van der Waals surface area contributed by atoms with Gasteiger partial charge in [-0.05, 0) is 83.5 Å². The van der Waals surface area contributed by atoms with Crippen molar-refractivity contribution in [2.75, 3.05) is 36.1 Å². The number of allylic oxidation sites excluding steroid dienone is 2. The molecular formula is C29H35ClN2O4. The Morgan fingerprint density at radius 2 is 1.28 bits per heavy atom. The first-order chi connectivity index (χ1) is 17.3. The molecule has 0 radical (unpaired) electrons. The van der Waals surface area contributed by atoms with Gasteiger partial charge in [0, 0.05) is 40.9 Å². The Hall–Kier alpha value is -3.25. The van der Waals surface area contributed by atoms with E-state index >= 15 is 0 Å². The first kappa shape index (κ1) is 27.3. The smallest absolute Gasteiger partial charge is 0.336 e. The highest BCUT2D eigenvalue weighted by Gasteiger charge is 2.41. The molecule has 6 nitrogen and oxygen atoms in total.